The molecular weight excluding hydrogens is 463 g/mol. The molecule has 0 aliphatic rings. The number of anilines is 1. The van der Waals surface area contributed by atoms with Gasteiger partial charge in [0.15, 0.2) is 15.0 Å². The fourth-order valence-electron chi connectivity index (χ4n) is 3.29. The summed E-state index contributed by atoms with van der Waals surface area (Å²) < 4.78 is 45.4. The minimum atomic E-state index is -3.97. The van der Waals surface area contributed by atoms with Gasteiger partial charge in [0.25, 0.3) is 0 Å². The van der Waals surface area contributed by atoms with Crippen molar-refractivity contribution in [1.29, 1.82) is 0 Å². The molecule has 4 aromatic rings. The molecule has 0 N–H and O–H groups in total. The number of ether oxygens (including phenoxy) is 1. The van der Waals surface area contributed by atoms with Crippen LogP contribution in [0.1, 0.15) is 12.5 Å². The van der Waals surface area contributed by atoms with Crippen molar-refractivity contribution in [2.75, 3.05) is 17.3 Å². The highest BCUT2D eigenvalue weighted by Crippen LogP contribution is 2.35. The first-order valence-electron chi connectivity index (χ1n) is 10.2. The van der Waals surface area contributed by atoms with Gasteiger partial charge in [0.05, 0.1) is 22.7 Å². The van der Waals surface area contributed by atoms with E-state index >= 15 is 0 Å². The maximum Gasteiger partial charge on any atom is 0.244 e. The predicted molar refractivity (Wildman–Crippen MR) is 127 cm³/mol. The molecule has 170 valence electrons. The number of rotatable bonds is 8. The molecule has 3 aromatic carbocycles. The third kappa shape index (κ3) is 5.20. The number of hydrogen-bond donors (Lipinski definition) is 0. The number of hydrogen-bond acceptors (Lipinski definition) is 6. The molecule has 1 amide bonds. The number of carbonyl (C=O) groups excluding carboxylic acids is 1. The van der Waals surface area contributed by atoms with Crippen LogP contribution < -0.4 is 9.64 Å². The van der Waals surface area contributed by atoms with Gasteiger partial charge in [-0.05, 0) is 48.9 Å². The van der Waals surface area contributed by atoms with Gasteiger partial charge in [-0.15, -0.1) is 0 Å². The van der Waals surface area contributed by atoms with Crippen molar-refractivity contribution in [3.05, 3.63) is 84.2 Å². The van der Waals surface area contributed by atoms with Gasteiger partial charge in [0.1, 0.15) is 22.8 Å². The molecule has 6 nitrogen and oxygen atoms in total. The van der Waals surface area contributed by atoms with Crippen molar-refractivity contribution in [1.82, 2.24) is 4.98 Å². The second kappa shape index (κ2) is 9.68. The summed E-state index contributed by atoms with van der Waals surface area (Å²) in [5, 5.41) is 0.375. The highest BCUT2D eigenvalue weighted by molar-refractivity contribution is 7.92. The number of thiazole rings is 1. The van der Waals surface area contributed by atoms with Gasteiger partial charge in [-0.25, -0.2) is 17.8 Å². The van der Waals surface area contributed by atoms with Gasteiger partial charge >= 0.3 is 0 Å². The highest BCUT2D eigenvalue weighted by Gasteiger charge is 2.27. The van der Waals surface area contributed by atoms with Gasteiger partial charge in [-0.3, -0.25) is 9.69 Å². The zero-order valence-electron chi connectivity index (χ0n) is 17.8. The van der Waals surface area contributed by atoms with Gasteiger partial charge in [-0.1, -0.05) is 47.7 Å². The minimum Gasteiger partial charge on any atom is -0.492 e. The first kappa shape index (κ1) is 22.9. The Bertz CT molecular complexity index is 1370. The van der Waals surface area contributed by atoms with E-state index in [1.807, 2.05) is 49.4 Å². The molecule has 33 heavy (non-hydrogen) atoms. The number of amides is 1. The van der Waals surface area contributed by atoms with Crippen LogP contribution in [-0.4, -0.2) is 31.7 Å². The van der Waals surface area contributed by atoms with Crippen LogP contribution in [0.2, 0.25) is 0 Å². The van der Waals surface area contributed by atoms with Gasteiger partial charge in [0, 0.05) is 0 Å². The predicted octanol–water partition coefficient (Wildman–Crippen LogP) is 4.84. The van der Waals surface area contributed by atoms with E-state index < -0.39 is 27.3 Å². The van der Waals surface area contributed by atoms with Crippen molar-refractivity contribution in [2.24, 2.45) is 0 Å². The lowest BCUT2D eigenvalue weighted by Crippen LogP contribution is -2.35. The van der Waals surface area contributed by atoms with Crippen LogP contribution in [0.25, 0.3) is 10.2 Å². The van der Waals surface area contributed by atoms with E-state index in [0.29, 0.717) is 23.0 Å². The third-order valence-corrected chi connectivity index (χ3v) is 7.53. The Balaban J connectivity index is 1.70. The summed E-state index contributed by atoms with van der Waals surface area (Å²) in [6.45, 7) is 2.49. The number of aromatic nitrogens is 1. The minimum absolute atomic E-state index is 0.111. The first-order valence-corrected chi connectivity index (χ1v) is 12.7. The van der Waals surface area contributed by atoms with Crippen LogP contribution >= 0.6 is 11.3 Å². The standard InChI is InChI=1S/C24H21FN2O4S2/c1-2-31-20-9-6-10-21-23(20)26-24(32-21)27(15-17-7-4-3-5-8-17)22(28)16-33(29,30)19-13-11-18(25)12-14-19/h3-14H,2,15-16H2,1H3. The van der Waals surface area contributed by atoms with E-state index in [4.69, 9.17) is 4.74 Å². The van der Waals surface area contributed by atoms with Crippen molar-refractivity contribution >= 4 is 42.4 Å². The molecule has 0 radical (unpaired) electrons. The number of benzene rings is 3. The second-order valence-electron chi connectivity index (χ2n) is 7.21. The fraction of sp³-hybridized carbons (Fsp3) is 0.167. The summed E-state index contributed by atoms with van der Waals surface area (Å²) in [5.41, 5.74) is 1.45. The zero-order chi connectivity index (χ0) is 23.4. The molecular formula is C24H21FN2O4S2. The largest absolute Gasteiger partial charge is 0.492 e. The van der Waals surface area contributed by atoms with E-state index in [1.165, 1.54) is 16.2 Å². The Hall–Kier alpha value is -3.30. The molecule has 0 atom stereocenters. The number of halogens is 1. The Morgan fingerprint density at radius 3 is 2.45 bits per heavy atom. The van der Waals surface area contributed by atoms with E-state index in [-0.39, 0.29) is 11.4 Å². The molecule has 0 saturated carbocycles. The van der Waals surface area contributed by atoms with E-state index in [2.05, 4.69) is 4.98 Å². The average molecular weight is 485 g/mol. The van der Waals surface area contributed by atoms with Crippen molar-refractivity contribution < 1.29 is 22.3 Å². The summed E-state index contributed by atoms with van der Waals surface area (Å²) in [6.07, 6.45) is 0. The Morgan fingerprint density at radius 1 is 1.03 bits per heavy atom. The van der Waals surface area contributed by atoms with Crippen LogP contribution in [0.15, 0.2) is 77.7 Å². The van der Waals surface area contributed by atoms with Gasteiger partial charge in [-0.2, -0.15) is 0 Å². The number of sulfone groups is 1. The summed E-state index contributed by atoms with van der Waals surface area (Å²) in [5.74, 6) is -1.34. The average Bonchev–Trinajstić information content (AvgIpc) is 3.23. The van der Waals surface area contributed by atoms with Crippen molar-refractivity contribution in [3.8, 4) is 5.75 Å². The summed E-state index contributed by atoms with van der Waals surface area (Å²) in [4.78, 5) is 19.2. The van der Waals surface area contributed by atoms with Gasteiger partial charge < -0.3 is 4.74 Å². The van der Waals surface area contributed by atoms with Crippen LogP contribution in [-0.2, 0) is 21.2 Å². The lowest BCUT2D eigenvalue weighted by molar-refractivity contribution is -0.116. The number of fused-ring (bicyclic) bond motifs is 1. The summed E-state index contributed by atoms with van der Waals surface area (Å²) in [6, 6.07) is 19.2. The monoisotopic (exact) mass is 484 g/mol. The van der Waals surface area contributed by atoms with Crippen molar-refractivity contribution in [2.45, 2.75) is 18.4 Å². The smallest absolute Gasteiger partial charge is 0.244 e. The summed E-state index contributed by atoms with van der Waals surface area (Å²) in [7, 11) is -3.97. The maximum atomic E-state index is 13.3. The molecule has 9 heteroatoms. The first-order chi connectivity index (χ1) is 15.9. The number of nitrogens with zero attached hydrogens (tertiary/aromatic N) is 2. The molecule has 0 fully saturated rings. The van der Waals surface area contributed by atoms with E-state index in [0.717, 1.165) is 34.5 Å². The molecule has 0 aliphatic heterocycles. The number of para-hydroxylation sites is 1. The Kier molecular flexibility index (Phi) is 6.71. The number of carbonyl (C=O) groups is 1. The Morgan fingerprint density at radius 2 is 1.76 bits per heavy atom. The zero-order valence-corrected chi connectivity index (χ0v) is 19.4. The second-order valence-corrected chi connectivity index (χ2v) is 10.2. The topological polar surface area (TPSA) is 76.6 Å². The summed E-state index contributed by atoms with van der Waals surface area (Å²) >= 11 is 1.29. The van der Waals surface area contributed by atoms with E-state index in [9.17, 15) is 17.6 Å². The molecule has 0 aliphatic carbocycles. The third-order valence-electron chi connectivity index (χ3n) is 4.87. The van der Waals surface area contributed by atoms with Crippen LogP contribution in [0, 0.1) is 5.82 Å². The molecule has 0 bridgehead atoms. The Labute approximate surface area is 195 Å². The van der Waals surface area contributed by atoms with Crippen LogP contribution in [0.5, 0.6) is 5.75 Å². The molecule has 1 aromatic heterocycles. The maximum absolute atomic E-state index is 13.3. The normalized spacial score (nSPS) is 11.5. The fourth-order valence-corrected chi connectivity index (χ4v) is 5.49. The lowest BCUT2D eigenvalue weighted by atomic mass is 10.2. The highest BCUT2D eigenvalue weighted by atomic mass is 32.2. The lowest BCUT2D eigenvalue weighted by Gasteiger charge is -2.20. The molecule has 0 unspecified atom stereocenters. The van der Waals surface area contributed by atoms with Gasteiger partial charge in [0.2, 0.25) is 5.91 Å². The SMILES string of the molecule is CCOc1cccc2sc(N(Cc3ccccc3)C(=O)CS(=O)(=O)c3ccc(F)cc3)nc12. The van der Waals surface area contributed by atoms with Crippen LogP contribution in [0.4, 0.5) is 9.52 Å². The molecule has 1 heterocycles. The van der Waals surface area contributed by atoms with Crippen LogP contribution in [0.3, 0.4) is 0 Å². The van der Waals surface area contributed by atoms with E-state index in [1.54, 1.807) is 6.07 Å². The van der Waals surface area contributed by atoms with Crippen molar-refractivity contribution in [3.63, 3.8) is 0 Å². The quantitative estimate of drug-likeness (QED) is 0.335. The molecule has 4 rings (SSSR count). The molecule has 0 saturated heterocycles. The molecule has 0 spiro atoms.